The molecule has 1 fully saturated rings. The van der Waals surface area contributed by atoms with Crippen LogP contribution in [-0.2, 0) is 0 Å². The summed E-state index contributed by atoms with van der Waals surface area (Å²) in [5.41, 5.74) is 0.288. The molecule has 2 atom stereocenters. The lowest BCUT2D eigenvalue weighted by atomic mass is 9.74. The number of rotatable bonds is 5. The number of hydrogen-bond acceptors (Lipinski definition) is 2. The van der Waals surface area contributed by atoms with Gasteiger partial charge in [0, 0.05) is 11.6 Å². The Balaban J connectivity index is 2.77. The average Bonchev–Trinajstić information content (AvgIpc) is 2.30. The minimum absolute atomic E-state index is 0.288. The summed E-state index contributed by atoms with van der Waals surface area (Å²) in [6, 6.07) is 0.632. The molecule has 0 aromatic rings. The van der Waals surface area contributed by atoms with Crippen molar-refractivity contribution in [1.29, 1.82) is 0 Å². The molecule has 0 bridgehead atoms. The maximum atomic E-state index is 3.60. The highest BCUT2D eigenvalue weighted by atomic mass is 15.2. The molecular formula is C14H30N2. The van der Waals surface area contributed by atoms with Crippen LogP contribution in [0.1, 0.15) is 52.4 Å². The van der Waals surface area contributed by atoms with Gasteiger partial charge in [0.05, 0.1) is 0 Å². The van der Waals surface area contributed by atoms with Crippen LogP contribution in [0.2, 0.25) is 0 Å². The van der Waals surface area contributed by atoms with Gasteiger partial charge in [0.1, 0.15) is 0 Å². The summed E-state index contributed by atoms with van der Waals surface area (Å²) in [6.07, 6.45) is 8.33. The molecule has 2 heteroatoms. The van der Waals surface area contributed by atoms with E-state index in [1.807, 2.05) is 0 Å². The Bertz CT molecular complexity index is 197. The van der Waals surface area contributed by atoms with Crippen molar-refractivity contribution < 1.29 is 0 Å². The van der Waals surface area contributed by atoms with Crippen molar-refractivity contribution >= 4 is 0 Å². The van der Waals surface area contributed by atoms with Gasteiger partial charge in [0.2, 0.25) is 0 Å². The first-order chi connectivity index (χ1) is 7.56. The van der Waals surface area contributed by atoms with Crippen LogP contribution < -0.4 is 5.32 Å². The fourth-order valence-corrected chi connectivity index (χ4v) is 3.34. The third-order valence-electron chi connectivity index (χ3n) is 4.84. The second-order valence-electron chi connectivity index (χ2n) is 5.77. The maximum absolute atomic E-state index is 3.60. The average molecular weight is 226 g/mol. The largest absolute Gasteiger partial charge is 0.315 e. The number of nitrogens with one attached hydrogen (secondary N) is 1. The van der Waals surface area contributed by atoms with Gasteiger partial charge in [-0.25, -0.2) is 0 Å². The van der Waals surface area contributed by atoms with Crippen molar-refractivity contribution in [1.82, 2.24) is 10.2 Å². The van der Waals surface area contributed by atoms with Crippen LogP contribution in [0.4, 0.5) is 0 Å². The third kappa shape index (κ3) is 2.78. The summed E-state index contributed by atoms with van der Waals surface area (Å²) in [4.78, 5) is 2.41. The second kappa shape index (κ2) is 6.02. The topological polar surface area (TPSA) is 15.3 Å². The molecule has 1 N–H and O–H groups in total. The van der Waals surface area contributed by atoms with E-state index in [1.54, 1.807) is 0 Å². The van der Waals surface area contributed by atoms with Crippen molar-refractivity contribution in [2.24, 2.45) is 5.92 Å². The smallest absolute Gasteiger partial charge is 0.0328 e. The fraction of sp³-hybridized carbons (Fsp3) is 1.00. The normalized spacial score (nSPS) is 24.4. The van der Waals surface area contributed by atoms with E-state index >= 15 is 0 Å². The van der Waals surface area contributed by atoms with Crippen LogP contribution >= 0.6 is 0 Å². The van der Waals surface area contributed by atoms with E-state index in [1.165, 1.54) is 38.5 Å². The summed E-state index contributed by atoms with van der Waals surface area (Å²) in [7, 11) is 6.57. The first kappa shape index (κ1) is 14.0. The van der Waals surface area contributed by atoms with Crippen molar-refractivity contribution in [3.63, 3.8) is 0 Å². The zero-order chi connectivity index (χ0) is 12.2. The zero-order valence-corrected chi connectivity index (χ0v) is 11.8. The summed E-state index contributed by atoms with van der Waals surface area (Å²) >= 11 is 0. The predicted octanol–water partition coefficient (Wildman–Crippen LogP) is 2.89. The Morgan fingerprint density at radius 2 is 1.81 bits per heavy atom. The minimum Gasteiger partial charge on any atom is -0.315 e. The SMILES string of the molecule is CCC(C)(C(NC)C1CCCCC1)N(C)C. The van der Waals surface area contributed by atoms with Gasteiger partial charge >= 0.3 is 0 Å². The molecule has 96 valence electrons. The van der Waals surface area contributed by atoms with Crippen LogP contribution in [0.3, 0.4) is 0 Å². The molecule has 16 heavy (non-hydrogen) atoms. The van der Waals surface area contributed by atoms with Crippen LogP contribution in [0.25, 0.3) is 0 Å². The van der Waals surface area contributed by atoms with E-state index in [2.05, 4.69) is 45.2 Å². The maximum Gasteiger partial charge on any atom is 0.0328 e. The second-order valence-corrected chi connectivity index (χ2v) is 5.77. The highest BCUT2D eigenvalue weighted by molar-refractivity contribution is 4.97. The molecule has 2 unspecified atom stereocenters. The van der Waals surface area contributed by atoms with E-state index in [9.17, 15) is 0 Å². The molecule has 0 radical (unpaired) electrons. The standard InChI is InChI=1S/C14H30N2/c1-6-14(2,16(4)5)13(15-3)12-10-8-7-9-11-12/h12-13,15H,6-11H2,1-5H3. The third-order valence-corrected chi connectivity index (χ3v) is 4.84. The first-order valence-electron chi connectivity index (χ1n) is 6.91. The molecule has 0 aromatic carbocycles. The highest BCUT2D eigenvalue weighted by Gasteiger charge is 2.38. The molecule has 0 saturated heterocycles. The highest BCUT2D eigenvalue weighted by Crippen LogP contribution is 2.34. The Labute approximate surface area is 102 Å². The Hall–Kier alpha value is -0.0800. The van der Waals surface area contributed by atoms with Gasteiger partial charge in [-0.1, -0.05) is 26.2 Å². The monoisotopic (exact) mass is 226 g/mol. The van der Waals surface area contributed by atoms with Gasteiger partial charge in [-0.15, -0.1) is 0 Å². The summed E-state index contributed by atoms with van der Waals surface area (Å²) in [6.45, 7) is 4.72. The van der Waals surface area contributed by atoms with Gasteiger partial charge in [0.25, 0.3) is 0 Å². The van der Waals surface area contributed by atoms with E-state index in [0.717, 1.165) is 5.92 Å². The van der Waals surface area contributed by atoms with Crippen molar-refractivity contribution in [2.75, 3.05) is 21.1 Å². The zero-order valence-electron chi connectivity index (χ0n) is 11.8. The number of likely N-dealkylation sites (N-methyl/N-ethyl adjacent to an activating group) is 2. The van der Waals surface area contributed by atoms with Gasteiger partial charge in [0.15, 0.2) is 0 Å². The molecular weight excluding hydrogens is 196 g/mol. The van der Waals surface area contributed by atoms with Gasteiger partial charge in [-0.05, 0) is 53.2 Å². The lowest BCUT2D eigenvalue weighted by molar-refractivity contribution is 0.0720. The Morgan fingerprint density at radius 3 is 2.19 bits per heavy atom. The molecule has 1 rings (SSSR count). The molecule has 1 aliphatic rings. The van der Waals surface area contributed by atoms with E-state index in [4.69, 9.17) is 0 Å². The number of nitrogens with zero attached hydrogens (tertiary/aromatic N) is 1. The van der Waals surface area contributed by atoms with E-state index < -0.39 is 0 Å². The molecule has 0 aliphatic heterocycles. The summed E-state index contributed by atoms with van der Waals surface area (Å²) in [5, 5.41) is 3.60. The predicted molar refractivity (Wildman–Crippen MR) is 71.8 cm³/mol. The minimum atomic E-state index is 0.288. The van der Waals surface area contributed by atoms with E-state index in [0.29, 0.717) is 6.04 Å². The quantitative estimate of drug-likeness (QED) is 0.775. The van der Waals surface area contributed by atoms with Crippen LogP contribution in [-0.4, -0.2) is 37.6 Å². The molecule has 2 nitrogen and oxygen atoms in total. The Morgan fingerprint density at radius 1 is 1.25 bits per heavy atom. The van der Waals surface area contributed by atoms with Crippen molar-refractivity contribution in [3.05, 3.63) is 0 Å². The molecule has 1 aliphatic carbocycles. The molecule has 0 heterocycles. The van der Waals surface area contributed by atoms with E-state index in [-0.39, 0.29) is 5.54 Å². The fourth-order valence-electron chi connectivity index (χ4n) is 3.34. The van der Waals surface area contributed by atoms with Crippen LogP contribution in [0, 0.1) is 5.92 Å². The molecule has 0 spiro atoms. The van der Waals surface area contributed by atoms with Crippen LogP contribution in [0.15, 0.2) is 0 Å². The molecule has 0 amide bonds. The van der Waals surface area contributed by atoms with Crippen molar-refractivity contribution in [3.8, 4) is 0 Å². The lowest BCUT2D eigenvalue weighted by Gasteiger charge is -2.47. The summed E-state index contributed by atoms with van der Waals surface area (Å²) < 4.78 is 0. The lowest BCUT2D eigenvalue weighted by Crippen LogP contribution is -2.59. The molecule has 1 saturated carbocycles. The van der Waals surface area contributed by atoms with Gasteiger partial charge in [-0.3, -0.25) is 0 Å². The Kier molecular flexibility index (Phi) is 5.26. The first-order valence-corrected chi connectivity index (χ1v) is 6.91. The van der Waals surface area contributed by atoms with Crippen molar-refractivity contribution in [2.45, 2.75) is 64.0 Å². The van der Waals surface area contributed by atoms with Gasteiger partial charge in [-0.2, -0.15) is 0 Å². The molecule has 0 aromatic heterocycles. The van der Waals surface area contributed by atoms with Gasteiger partial charge < -0.3 is 10.2 Å². The van der Waals surface area contributed by atoms with Crippen LogP contribution in [0.5, 0.6) is 0 Å². The summed E-state index contributed by atoms with van der Waals surface area (Å²) in [5.74, 6) is 0.867. The number of hydrogen-bond donors (Lipinski definition) is 1.